The number of halogens is 1. The molecule has 0 spiro atoms. The summed E-state index contributed by atoms with van der Waals surface area (Å²) in [5.41, 5.74) is 1.83. The van der Waals surface area contributed by atoms with Crippen LogP contribution in [-0.4, -0.2) is 31.2 Å². The highest BCUT2D eigenvalue weighted by Gasteiger charge is 2.14. The maximum Gasteiger partial charge on any atom is 0.128 e. The maximum atomic E-state index is 13.8. The van der Waals surface area contributed by atoms with Gasteiger partial charge in [0.05, 0.1) is 24.8 Å². The topological polar surface area (TPSA) is 36.3 Å². The predicted molar refractivity (Wildman–Crippen MR) is 61.9 cm³/mol. The van der Waals surface area contributed by atoms with E-state index in [1.807, 2.05) is 0 Å². The molecular weight excluding hydrogens is 219 g/mol. The third kappa shape index (κ3) is 2.82. The molecule has 0 unspecified atom stereocenters. The lowest BCUT2D eigenvalue weighted by molar-refractivity contribution is 0.0337. The Morgan fingerprint density at radius 1 is 1.41 bits per heavy atom. The van der Waals surface area contributed by atoms with Crippen molar-refractivity contribution in [3.8, 4) is 6.07 Å². The van der Waals surface area contributed by atoms with Crippen LogP contribution in [0.5, 0.6) is 0 Å². The van der Waals surface area contributed by atoms with Crippen molar-refractivity contribution in [3.63, 3.8) is 0 Å². The quantitative estimate of drug-likeness (QED) is 0.783. The Kier molecular flexibility index (Phi) is 3.72. The zero-order chi connectivity index (χ0) is 12.3. The number of rotatable bonds is 2. The normalized spacial score (nSPS) is 16.8. The van der Waals surface area contributed by atoms with Crippen molar-refractivity contribution >= 4 is 0 Å². The van der Waals surface area contributed by atoms with Gasteiger partial charge in [0.2, 0.25) is 0 Å². The van der Waals surface area contributed by atoms with Gasteiger partial charge in [0.15, 0.2) is 0 Å². The first kappa shape index (κ1) is 12.0. The highest BCUT2D eigenvalue weighted by atomic mass is 19.1. The smallest absolute Gasteiger partial charge is 0.128 e. The van der Waals surface area contributed by atoms with Crippen LogP contribution in [0.3, 0.4) is 0 Å². The van der Waals surface area contributed by atoms with Gasteiger partial charge in [-0.25, -0.2) is 4.39 Å². The highest BCUT2D eigenvalue weighted by molar-refractivity contribution is 5.40. The van der Waals surface area contributed by atoms with Crippen LogP contribution < -0.4 is 0 Å². The van der Waals surface area contributed by atoms with Crippen LogP contribution in [0.15, 0.2) is 12.1 Å². The summed E-state index contributed by atoms with van der Waals surface area (Å²) in [6.07, 6.45) is 0. The van der Waals surface area contributed by atoms with E-state index in [1.54, 1.807) is 13.0 Å². The molecule has 1 aromatic carbocycles. The van der Waals surface area contributed by atoms with Crippen molar-refractivity contribution in [2.45, 2.75) is 13.5 Å². The van der Waals surface area contributed by atoms with Gasteiger partial charge < -0.3 is 4.74 Å². The lowest BCUT2D eigenvalue weighted by atomic mass is 10.0. The zero-order valence-corrected chi connectivity index (χ0v) is 9.87. The SMILES string of the molecule is Cc1cc(F)c(CN2CCOCC2)cc1C#N. The lowest BCUT2D eigenvalue weighted by Crippen LogP contribution is -2.35. The number of ether oxygens (including phenoxy) is 1. The summed E-state index contributed by atoms with van der Waals surface area (Å²) in [7, 11) is 0. The van der Waals surface area contributed by atoms with E-state index in [1.165, 1.54) is 6.07 Å². The number of morpholine rings is 1. The van der Waals surface area contributed by atoms with E-state index in [4.69, 9.17) is 10.00 Å². The standard InChI is InChI=1S/C13H15FN2O/c1-10-6-13(14)12(7-11(10)8-15)9-16-2-4-17-5-3-16/h6-7H,2-5,9H2,1H3. The van der Waals surface area contributed by atoms with Gasteiger partial charge in [-0.1, -0.05) is 0 Å². The average molecular weight is 234 g/mol. The lowest BCUT2D eigenvalue weighted by Gasteiger charge is -2.26. The van der Waals surface area contributed by atoms with E-state index < -0.39 is 0 Å². The molecule has 1 heterocycles. The molecule has 17 heavy (non-hydrogen) atoms. The van der Waals surface area contributed by atoms with E-state index in [2.05, 4.69) is 11.0 Å². The van der Waals surface area contributed by atoms with Gasteiger partial charge in [-0.05, 0) is 24.6 Å². The van der Waals surface area contributed by atoms with Crippen LogP contribution in [0.25, 0.3) is 0 Å². The van der Waals surface area contributed by atoms with Gasteiger partial charge in [0.1, 0.15) is 5.82 Å². The Morgan fingerprint density at radius 3 is 2.76 bits per heavy atom. The molecule has 0 aliphatic carbocycles. The summed E-state index contributed by atoms with van der Waals surface area (Å²) in [6, 6.07) is 5.18. The van der Waals surface area contributed by atoms with Crippen LogP contribution in [0.2, 0.25) is 0 Å². The van der Waals surface area contributed by atoms with Gasteiger partial charge in [0.25, 0.3) is 0 Å². The molecule has 0 atom stereocenters. The number of aryl methyl sites for hydroxylation is 1. The minimum absolute atomic E-state index is 0.229. The molecule has 0 amide bonds. The molecule has 0 saturated carbocycles. The van der Waals surface area contributed by atoms with E-state index in [0.717, 1.165) is 13.1 Å². The molecule has 1 saturated heterocycles. The summed E-state index contributed by atoms with van der Waals surface area (Å²) >= 11 is 0. The number of hydrogen-bond acceptors (Lipinski definition) is 3. The minimum atomic E-state index is -0.229. The van der Waals surface area contributed by atoms with Crippen LogP contribution in [0.4, 0.5) is 4.39 Å². The van der Waals surface area contributed by atoms with Crippen LogP contribution >= 0.6 is 0 Å². The maximum absolute atomic E-state index is 13.8. The van der Waals surface area contributed by atoms with Gasteiger partial charge >= 0.3 is 0 Å². The Morgan fingerprint density at radius 2 is 2.12 bits per heavy atom. The van der Waals surface area contributed by atoms with Gasteiger partial charge in [-0.2, -0.15) is 5.26 Å². The molecule has 1 fully saturated rings. The molecule has 90 valence electrons. The molecule has 3 nitrogen and oxygen atoms in total. The van der Waals surface area contributed by atoms with Crippen LogP contribution in [0, 0.1) is 24.1 Å². The minimum Gasteiger partial charge on any atom is -0.379 e. The average Bonchev–Trinajstić information content (AvgIpc) is 2.34. The Hall–Kier alpha value is -1.44. The second-order valence-electron chi connectivity index (χ2n) is 4.26. The van der Waals surface area contributed by atoms with Crippen molar-refractivity contribution < 1.29 is 9.13 Å². The Bertz CT molecular complexity index is 447. The third-order valence-corrected chi connectivity index (χ3v) is 3.01. The molecule has 0 radical (unpaired) electrons. The molecule has 2 rings (SSSR count). The van der Waals surface area contributed by atoms with E-state index >= 15 is 0 Å². The first-order chi connectivity index (χ1) is 8.20. The van der Waals surface area contributed by atoms with Crippen LogP contribution in [0.1, 0.15) is 16.7 Å². The fourth-order valence-corrected chi connectivity index (χ4v) is 1.96. The summed E-state index contributed by atoms with van der Waals surface area (Å²) < 4.78 is 19.0. The number of hydrogen-bond donors (Lipinski definition) is 0. The molecule has 4 heteroatoms. The zero-order valence-electron chi connectivity index (χ0n) is 9.87. The van der Waals surface area contributed by atoms with Crippen LogP contribution in [-0.2, 0) is 11.3 Å². The molecule has 0 N–H and O–H groups in total. The molecule has 1 aromatic rings. The van der Waals surface area contributed by atoms with Gasteiger partial charge in [0, 0.05) is 25.2 Å². The third-order valence-electron chi connectivity index (χ3n) is 3.01. The highest BCUT2D eigenvalue weighted by Crippen LogP contribution is 2.17. The summed E-state index contributed by atoms with van der Waals surface area (Å²) in [6.45, 7) is 5.31. The van der Waals surface area contributed by atoms with Crippen molar-refractivity contribution in [2.24, 2.45) is 0 Å². The molecule has 1 aliphatic heterocycles. The fourth-order valence-electron chi connectivity index (χ4n) is 1.96. The molecule has 1 aliphatic rings. The molecule has 0 bridgehead atoms. The first-order valence-corrected chi connectivity index (χ1v) is 5.70. The van der Waals surface area contributed by atoms with E-state index in [0.29, 0.717) is 36.4 Å². The monoisotopic (exact) mass is 234 g/mol. The van der Waals surface area contributed by atoms with Gasteiger partial charge in [-0.15, -0.1) is 0 Å². The van der Waals surface area contributed by atoms with Crippen molar-refractivity contribution in [2.75, 3.05) is 26.3 Å². The summed E-state index contributed by atoms with van der Waals surface area (Å²) in [5, 5.41) is 8.93. The predicted octanol–water partition coefficient (Wildman–Crippen LogP) is 1.84. The Balaban J connectivity index is 2.17. The number of nitriles is 1. The summed E-state index contributed by atoms with van der Waals surface area (Å²) in [5.74, 6) is -0.229. The van der Waals surface area contributed by atoms with Gasteiger partial charge in [-0.3, -0.25) is 4.90 Å². The van der Waals surface area contributed by atoms with E-state index in [9.17, 15) is 4.39 Å². The number of benzene rings is 1. The second-order valence-corrected chi connectivity index (χ2v) is 4.26. The van der Waals surface area contributed by atoms with Crippen molar-refractivity contribution in [1.82, 2.24) is 4.90 Å². The second kappa shape index (κ2) is 5.26. The largest absolute Gasteiger partial charge is 0.379 e. The molecular formula is C13H15FN2O. The van der Waals surface area contributed by atoms with E-state index in [-0.39, 0.29) is 5.82 Å². The first-order valence-electron chi connectivity index (χ1n) is 5.70. The fraction of sp³-hybridized carbons (Fsp3) is 0.462. The molecule has 0 aromatic heterocycles. The van der Waals surface area contributed by atoms with Crippen molar-refractivity contribution in [3.05, 3.63) is 34.6 Å². The number of nitrogens with zero attached hydrogens (tertiary/aromatic N) is 2. The Labute approximate surface area is 100 Å². The van der Waals surface area contributed by atoms with Crippen molar-refractivity contribution in [1.29, 1.82) is 5.26 Å². The summed E-state index contributed by atoms with van der Waals surface area (Å²) in [4.78, 5) is 2.14.